The molecule has 5 heteroatoms. The van der Waals surface area contributed by atoms with Crippen LogP contribution in [0.2, 0.25) is 0 Å². The maximum Gasteiger partial charge on any atom is 0.0964 e. The zero-order chi connectivity index (χ0) is 12.9. The Labute approximate surface area is 115 Å². The summed E-state index contributed by atoms with van der Waals surface area (Å²) in [6.07, 6.45) is 5.26. The maximum atomic E-state index is 4.42. The van der Waals surface area contributed by atoms with E-state index in [0.717, 1.165) is 16.5 Å². The molecule has 2 heterocycles. The Balaban J connectivity index is 1.67. The third-order valence-electron chi connectivity index (χ3n) is 2.64. The number of hydrogen-bond acceptors (Lipinski definition) is 4. The Hall–Kier alpha value is -2.14. The first kappa shape index (κ1) is 11.9. The number of nitrogens with zero attached hydrogens (tertiary/aromatic N) is 4. The van der Waals surface area contributed by atoms with Crippen molar-refractivity contribution in [3.8, 4) is 5.69 Å². The van der Waals surface area contributed by atoms with E-state index in [1.165, 1.54) is 5.56 Å². The number of rotatable bonds is 4. The van der Waals surface area contributed by atoms with E-state index in [-0.39, 0.29) is 0 Å². The molecule has 0 aliphatic heterocycles. The highest BCUT2D eigenvalue weighted by Crippen LogP contribution is 2.21. The molecule has 0 saturated heterocycles. The highest BCUT2D eigenvalue weighted by Gasteiger charge is 2.00. The molecule has 3 rings (SSSR count). The highest BCUT2D eigenvalue weighted by molar-refractivity contribution is 7.98. The molecule has 0 N–H and O–H groups in total. The molecule has 0 unspecified atom stereocenters. The van der Waals surface area contributed by atoms with Gasteiger partial charge in [-0.15, -0.1) is 16.9 Å². The van der Waals surface area contributed by atoms with Crippen LogP contribution in [0.1, 0.15) is 5.56 Å². The van der Waals surface area contributed by atoms with Gasteiger partial charge >= 0.3 is 0 Å². The molecule has 94 valence electrons. The van der Waals surface area contributed by atoms with Gasteiger partial charge < -0.3 is 0 Å². The number of hydrogen-bond donors (Lipinski definition) is 0. The van der Waals surface area contributed by atoms with Crippen LogP contribution >= 0.6 is 11.8 Å². The van der Waals surface area contributed by atoms with E-state index in [4.69, 9.17) is 0 Å². The predicted molar refractivity (Wildman–Crippen MR) is 75.2 cm³/mol. The Bertz CT molecular complexity index is 620. The monoisotopic (exact) mass is 268 g/mol. The van der Waals surface area contributed by atoms with Gasteiger partial charge in [-0.2, -0.15) is 0 Å². The first-order valence-corrected chi connectivity index (χ1v) is 6.90. The van der Waals surface area contributed by atoms with Gasteiger partial charge in [0.1, 0.15) is 0 Å². The van der Waals surface area contributed by atoms with Gasteiger partial charge in [-0.3, -0.25) is 0 Å². The molecule has 2 aromatic heterocycles. The minimum absolute atomic E-state index is 0.918. The molecular formula is C14H12N4S. The van der Waals surface area contributed by atoms with Crippen LogP contribution in [0.3, 0.4) is 0 Å². The number of pyridine rings is 1. The second kappa shape index (κ2) is 5.67. The highest BCUT2D eigenvalue weighted by atomic mass is 32.2. The molecule has 4 nitrogen and oxygen atoms in total. The van der Waals surface area contributed by atoms with Crippen molar-refractivity contribution < 1.29 is 0 Å². The summed E-state index contributed by atoms with van der Waals surface area (Å²) in [5, 5.41) is 8.71. The summed E-state index contributed by atoms with van der Waals surface area (Å²) < 4.78 is 1.69. The van der Waals surface area contributed by atoms with Gasteiger partial charge in [0, 0.05) is 5.75 Å². The topological polar surface area (TPSA) is 43.6 Å². The van der Waals surface area contributed by atoms with E-state index in [1.54, 1.807) is 28.8 Å². The Morgan fingerprint density at radius 2 is 1.95 bits per heavy atom. The van der Waals surface area contributed by atoms with Crippen molar-refractivity contribution in [1.29, 1.82) is 0 Å². The van der Waals surface area contributed by atoms with Gasteiger partial charge in [0.2, 0.25) is 0 Å². The lowest BCUT2D eigenvalue weighted by Crippen LogP contribution is -1.95. The SMILES string of the molecule is c1ccc(CSc2ccc(-n3ccnn3)cn2)cc1. The van der Waals surface area contributed by atoms with Gasteiger partial charge in [0.25, 0.3) is 0 Å². The lowest BCUT2D eigenvalue weighted by Gasteiger charge is -2.03. The van der Waals surface area contributed by atoms with Gasteiger partial charge in [-0.1, -0.05) is 35.5 Å². The van der Waals surface area contributed by atoms with E-state index >= 15 is 0 Å². The van der Waals surface area contributed by atoms with Crippen LogP contribution in [0.5, 0.6) is 0 Å². The molecule has 0 aliphatic carbocycles. The second-order valence-electron chi connectivity index (χ2n) is 3.98. The Kier molecular flexibility index (Phi) is 3.56. The lowest BCUT2D eigenvalue weighted by molar-refractivity contribution is 0.796. The molecule has 0 fully saturated rings. The van der Waals surface area contributed by atoms with E-state index in [9.17, 15) is 0 Å². The number of thioether (sulfide) groups is 1. The summed E-state index contributed by atoms with van der Waals surface area (Å²) >= 11 is 1.72. The predicted octanol–water partition coefficient (Wildman–Crippen LogP) is 2.95. The smallest absolute Gasteiger partial charge is 0.0964 e. The van der Waals surface area contributed by atoms with Crippen molar-refractivity contribution in [3.63, 3.8) is 0 Å². The average Bonchev–Trinajstić information content (AvgIpc) is 3.01. The van der Waals surface area contributed by atoms with Crippen LogP contribution in [0.25, 0.3) is 5.69 Å². The standard InChI is InChI=1S/C14H12N4S/c1-2-4-12(5-3-1)11-19-14-7-6-13(10-15-14)18-9-8-16-17-18/h1-10H,11H2. The minimum atomic E-state index is 0.918. The third-order valence-corrected chi connectivity index (χ3v) is 3.65. The molecule has 19 heavy (non-hydrogen) atoms. The molecule has 1 aromatic carbocycles. The average molecular weight is 268 g/mol. The Morgan fingerprint density at radius 1 is 1.05 bits per heavy atom. The molecule has 0 saturated carbocycles. The first-order valence-electron chi connectivity index (χ1n) is 5.91. The summed E-state index contributed by atoms with van der Waals surface area (Å²) in [5.74, 6) is 0.927. The number of aromatic nitrogens is 4. The van der Waals surface area contributed by atoms with Crippen LogP contribution in [0.4, 0.5) is 0 Å². The van der Waals surface area contributed by atoms with Gasteiger partial charge in [0.15, 0.2) is 0 Å². The summed E-state index contributed by atoms with van der Waals surface area (Å²) in [6.45, 7) is 0. The van der Waals surface area contributed by atoms with Gasteiger partial charge in [0.05, 0.1) is 29.3 Å². The summed E-state index contributed by atoms with van der Waals surface area (Å²) in [5.41, 5.74) is 2.22. The van der Waals surface area contributed by atoms with Crippen molar-refractivity contribution in [2.75, 3.05) is 0 Å². The second-order valence-corrected chi connectivity index (χ2v) is 4.97. The van der Waals surface area contributed by atoms with Crippen molar-refractivity contribution in [2.45, 2.75) is 10.8 Å². The van der Waals surface area contributed by atoms with Crippen LogP contribution in [-0.2, 0) is 5.75 Å². The quantitative estimate of drug-likeness (QED) is 0.682. The fraction of sp³-hybridized carbons (Fsp3) is 0.0714. The molecule has 0 aliphatic rings. The fourth-order valence-electron chi connectivity index (χ4n) is 1.67. The van der Waals surface area contributed by atoms with Crippen molar-refractivity contribution >= 4 is 11.8 Å². The minimum Gasteiger partial charge on any atom is -0.248 e. The number of benzene rings is 1. The van der Waals surface area contributed by atoms with E-state index < -0.39 is 0 Å². The van der Waals surface area contributed by atoms with Crippen LogP contribution < -0.4 is 0 Å². The van der Waals surface area contributed by atoms with Crippen molar-refractivity contribution in [1.82, 2.24) is 20.0 Å². The molecular weight excluding hydrogens is 256 g/mol. The van der Waals surface area contributed by atoms with E-state index in [0.29, 0.717) is 0 Å². The van der Waals surface area contributed by atoms with Crippen molar-refractivity contribution in [3.05, 3.63) is 66.6 Å². The zero-order valence-electron chi connectivity index (χ0n) is 10.2. The molecule has 3 aromatic rings. The summed E-state index contributed by atoms with van der Waals surface area (Å²) in [4.78, 5) is 4.42. The van der Waals surface area contributed by atoms with E-state index in [1.807, 2.05) is 24.4 Å². The largest absolute Gasteiger partial charge is 0.248 e. The van der Waals surface area contributed by atoms with E-state index in [2.05, 4.69) is 39.6 Å². The molecule has 0 radical (unpaired) electrons. The molecule has 0 atom stereocenters. The maximum absolute atomic E-state index is 4.42. The molecule has 0 spiro atoms. The zero-order valence-corrected chi connectivity index (χ0v) is 11.0. The van der Waals surface area contributed by atoms with Gasteiger partial charge in [-0.05, 0) is 17.7 Å². The van der Waals surface area contributed by atoms with Crippen LogP contribution in [-0.4, -0.2) is 20.0 Å². The molecule has 0 bridgehead atoms. The van der Waals surface area contributed by atoms with Crippen LogP contribution in [0.15, 0.2) is 66.1 Å². The summed E-state index contributed by atoms with van der Waals surface area (Å²) in [7, 11) is 0. The van der Waals surface area contributed by atoms with Crippen molar-refractivity contribution in [2.24, 2.45) is 0 Å². The normalized spacial score (nSPS) is 10.5. The first-order chi connectivity index (χ1) is 9.42. The third kappa shape index (κ3) is 3.00. The lowest BCUT2D eigenvalue weighted by atomic mass is 10.2. The fourth-order valence-corrected chi connectivity index (χ4v) is 2.47. The molecule has 0 amide bonds. The summed E-state index contributed by atoms with van der Waals surface area (Å²) in [6, 6.07) is 14.4. The van der Waals surface area contributed by atoms with Crippen LogP contribution in [0, 0.1) is 0 Å². The van der Waals surface area contributed by atoms with Gasteiger partial charge in [-0.25, -0.2) is 9.67 Å². The Morgan fingerprint density at radius 3 is 2.63 bits per heavy atom.